The lowest BCUT2D eigenvalue weighted by molar-refractivity contribution is -0.403. The molecule has 2 rings (SSSR count). The molecule has 4 heteroatoms. The van der Waals surface area contributed by atoms with Crippen molar-refractivity contribution >= 4 is 11.6 Å². The molecule has 1 aliphatic carbocycles. The summed E-state index contributed by atoms with van der Waals surface area (Å²) in [6.07, 6.45) is 5.82. The summed E-state index contributed by atoms with van der Waals surface area (Å²) in [5.74, 6) is 0. The van der Waals surface area contributed by atoms with Gasteiger partial charge in [-0.05, 0) is 36.6 Å². The maximum absolute atomic E-state index is 10.4. The van der Waals surface area contributed by atoms with E-state index in [0.29, 0.717) is 5.02 Å². The first-order valence-electron chi connectivity index (χ1n) is 5.21. The van der Waals surface area contributed by atoms with Crippen LogP contribution in [0, 0.1) is 10.1 Å². The quantitative estimate of drug-likeness (QED) is 0.596. The van der Waals surface area contributed by atoms with Crippen LogP contribution in [-0.4, -0.2) is 4.92 Å². The van der Waals surface area contributed by atoms with Crippen molar-refractivity contribution in [1.29, 1.82) is 0 Å². The highest BCUT2D eigenvalue weighted by Crippen LogP contribution is 2.45. The average molecular weight is 238 g/mol. The van der Waals surface area contributed by atoms with Gasteiger partial charge in [-0.3, -0.25) is 10.1 Å². The number of nitrogens with zero attached hydrogens (tertiary/aromatic N) is 1. The van der Waals surface area contributed by atoms with Gasteiger partial charge in [-0.25, -0.2) is 0 Å². The first-order chi connectivity index (χ1) is 7.62. The predicted molar refractivity (Wildman–Crippen MR) is 63.1 cm³/mol. The number of benzene rings is 1. The lowest BCUT2D eigenvalue weighted by atomic mass is 9.64. The standard InChI is InChI=1S/C12H12ClNO2/c13-11-4-2-10(3-5-11)12(6-1-7-12)8-9-14(15)16/h2-5,8-9H,1,6-7H2/b9-8+. The molecule has 1 fully saturated rings. The Morgan fingerprint density at radius 2 is 1.94 bits per heavy atom. The van der Waals surface area contributed by atoms with Crippen LogP contribution in [-0.2, 0) is 5.41 Å². The number of hydrogen-bond acceptors (Lipinski definition) is 2. The lowest BCUT2D eigenvalue weighted by Crippen LogP contribution is -2.32. The van der Waals surface area contributed by atoms with Crippen LogP contribution in [0.1, 0.15) is 24.8 Å². The molecule has 3 nitrogen and oxygen atoms in total. The molecule has 1 aromatic carbocycles. The van der Waals surface area contributed by atoms with Crippen molar-refractivity contribution < 1.29 is 4.92 Å². The molecule has 0 aromatic heterocycles. The van der Waals surface area contributed by atoms with Crippen LogP contribution in [0.2, 0.25) is 5.02 Å². The van der Waals surface area contributed by atoms with Crippen molar-refractivity contribution in [1.82, 2.24) is 0 Å². The summed E-state index contributed by atoms with van der Waals surface area (Å²) >= 11 is 5.82. The number of halogens is 1. The van der Waals surface area contributed by atoms with E-state index in [4.69, 9.17) is 11.6 Å². The van der Waals surface area contributed by atoms with E-state index in [1.54, 1.807) is 6.08 Å². The highest BCUT2D eigenvalue weighted by atomic mass is 35.5. The molecule has 84 valence electrons. The van der Waals surface area contributed by atoms with E-state index in [2.05, 4.69) is 0 Å². The molecule has 0 bridgehead atoms. The molecule has 0 N–H and O–H groups in total. The molecule has 0 atom stereocenters. The van der Waals surface area contributed by atoms with Crippen molar-refractivity contribution in [3.63, 3.8) is 0 Å². The summed E-state index contributed by atoms with van der Waals surface area (Å²) in [6, 6.07) is 7.56. The number of nitro groups is 1. The van der Waals surface area contributed by atoms with Crippen LogP contribution in [0.3, 0.4) is 0 Å². The molecular weight excluding hydrogens is 226 g/mol. The molecule has 0 spiro atoms. The Kier molecular flexibility index (Phi) is 2.97. The zero-order chi connectivity index (χ0) is 11.6. The zero-order valence-electron chi connectivity index (χ0n) is 8.73. The third kappa shape index (κ3) is 2.09. The minimum absolute atomic E-state index is 0.141. The Balaban J connectivity index is 2.27. The lowest BCUT2D eigenvalue weighted by Gasteiger charge is -2.39. The zero-order valence-corrected chi connectivity index (χ0v) is 9.48. The molecule has 0 saturated heterocycles. The van der Waals surface area contributed by atoms with Gasteiger partial charge in [0, 0.05) is 10.4 Å². The SMILES string of the molecule is O=[N+]([O-])/C=C/C1(c2ccc(Cl)cc2)CCC1. The van der Waals surface area contributed by atoms with Crippen molar-refractivity contribution in [2.75, 3.05) is 0 Å². The summed E-state index contributed by atoms with van der Waals surface area (Å²) in [6.45, 7) is 0. The fourth-order valence-corrected chi connectivity index (χ4v) is 2.22. The number of hydrogen-bond donors (Lipinski definition) is 0. The minimum atomic E-state index is -0.407. The Morgan fingerprint density at radius 3 is 2.38 bits per heavy atom. The summed E-state index contributed by atoms with van der Waals surface area (Å²) < 4.78 is 0. The highest BCUT2D eigenvalue weighted by molar-refractivity contribution is 6.30. The Labute approximate surface area is 98.9 Å². The van der Waals surface area contributed by atoms with E-state index in [1.165, 1.54) is 0 Å². The fraction of sp³-hybridized carbons (Fsp3) is 0.333. The fourth-order valence-electron chi connectivity index (χ4n) is 2.09. The predicted octanol–water partition coefficient (Wildman–Crippen LogP) is 3.55. The van der Waals surface area contributed by atoms with Crippen molar-refractivity contribution in [2.45, 2.75) is 24.7 Å². The van der Waals surface area contributed by atoms with Gasteiger partial charge in [-0.2, -0.15) is 0 Å². The van der Waals surface area contributed by atoms with Crippen molar-refractivity contribution in [3.05, 3.63) is 57.2 Å². The smallest absolute Gasteiger partial charge is 0.231 e. The Morgan fingerprint density at radius 1 is 1.31 bits per heavy atom. The van der Waals surface area contributed by atoms with Gasteiger partial charge in [0.15, 0.2) is 0 Å². The van der Waals surface area contributed by atoms with E-state index in [9.17, 15) is 10.1 Å². The molecule has 0 amide bonds. The third-order valence-electron chi connectivity index (χ3n) is 3.18. The van der Waals surface area contributed by atoms with E-state index in [-0.39, 0.29) is 5.41 Å². The minimum Gasteiger partial charge on any atom is -0.259 e. The second-order valence-electron chi connectivity index (χ2n) is 4.12. The summed E-state index contributed by atoms with van der Waals surface area (Å²) in [7, 11) is 0. The molecule has 1 aliphatic rings. The van der Waals surface area contributed by atoms with Gasteiger partial charge in [0.25, 0.3) is 0 Å². The molecule has 1 aromatic rings. The van der Waals surface area contributed by atoms with Gasteiger partial charge in [0.2, 0.25) is 6.20 Å². The van der Waals surface area contributed by atoms with E-state index >= 15 is 0 Å². The summed E-state index contributed by atoms with van der Waals surface area (Å²) in [5, 5.41) is 11.1. The molecule has 0 radical (unpaired) electrons. The number of rotatable bonds is 3. The molecule has 1 saturated carbocycles. The first kappa shape index (κ1) is 11.1. The van der Waals surface area contributed by atoms with Crippen molar-refractivity contribution in [2.24, 2.45) is 0 Å². The average Bonchev–Trinajstić information content (AvgIpc) is 2.18. The maximum atomic E-state index is 10.4. The Hall–Kier alpha value is -1.35. The molecule has 0 unspecified atom stereocenters. The molecule has 0 aliphatic heterocycles. The van der Waals surface area contributed by atoms with Crippen LogP contribution in [0.5, 0.6) is 0 Å². The van der Waals surface area contributed by atoms with E-state index in [0.717, 1.165) is 31.0 Å². The van der Waals surface area contributed by atoms with E-state index < -0.39 is 4.92 Å². The van der Waals surface area contributed by atoms with Crippen LogP contribution < -0.4 is 0 Å². The van der Waals surface area contributed by atoms with Gasteiger partial charge in [0.1, 0.15) is 0 Å². The summed E-state index contributed by atoms with van der Waals surface area (Å²) in [4.78, 5) is 9.96. The monoisotopic (exact) mass is 237 g/mol. The maximum Gasteiger partial charge on any atom is 0.231 e. The van der Waals surface area contributed by atoms with Gasteiger partial charge in [-0.15, -0.1) is 0 Å². The third-order valence-corrected chi connectivity index (χ3v) is 3.43. The van der Waals surface area contributed by atoms with Crippen LogP contribution in [0.25, 0.3) is 0 Å². The second kappa shape index (κ2) is 4.26. The second-order valence-corrected chi connectivity index (χ2v) is 4.55. The topological polar surface area (TPSA) is 43.1 Å². The number of allylic oxidation sites excluding steroid dienone is 1. The van der Waals surface area contributed by atoms with Crippen LogP contribution in [0.15, 0.2) is 36.5 Å². The first-order valence-corrected chi connectivity index (χ1v) is 5.59. The van der Waals surface area contributed by atoms with E-state index in [1.807, 2.05) is 24.3 Å². The largest absolute Gasteiger partial charge is 0.259 e. The normalized spacial score (nSPS) is 18.3. The Bertz CT molecular complexity index is 421. The summed E-state index contributed by atoms with van der Waals surface area (Å²) in [5.41, 5.74) is 0.971. The van der Waals surface area contributed by atoms with Crippen LogP contribution in [0.4, 0.5) is 0 Å². The van der Waals surface area contributed by atoms with Gasteiger partial charge < -0.3 is 0 Å². The van der Waals surface area contributed by atoms with Gasteiger partial charge in [-0.1, -0.05) is 30.2 Å². The van der Waals surface area contributed by atoms with Crippen LogP contribution >= 0.6 is 11.6 Å². The molecule has 16 heavy (non-hydrogen) atoms. The molecule has 0 heterocycles. The van der Waals surface area contributed by atoms with Crippen molar-refractivity contribution in [3.8, 4) is 0 Å². The highest BCUT2D eigenvalue weighted by Gasteiger charge is 2.37. The van der Waals surface area contributed by atoms with Gasteiger partial charge in [0.05, 0.1) is 4.92 Å². The molecular formula is C12H12ClNO2. The van der Waals surface area contributed by atoms with Gasteiger partial charge >= 0.3 is 0 Å².